The first kappa shape index (κ1) is 75.4. The Kier molecular flexibility index (Phi) is 69.1. The van der Waals surface area contributed by atoms with E-state index in [1.165, 1.54) is 398 Å². The summed E-state index contributed by atoms with van der Waals surface area (Å²) < 4.78 is 0. The zero-order valence-electron chi connectivity index (χ0n) is 53.9. The van der Waals surface area contributed by atoms with Crippen molar-refractivity contribution in [2.45, 2.75) is 451 Å². The second kappa shape index (κ2) is 68.7. The van der Waals surface area contributed by atoms with E-state index in [1.807, 2.05) is 0 Å². The maximum absolute atomic E-state index is 2.34. The molecule has 0 aliphatic heterocycles. The second-order valence-electron chi connectivity index (χ2n) is 26.2. The number of rotatable bonds is 70. The van der Waals surface area contributed by atoms with Gasteiger partial charge in [-0.3, -0.25) is 0 Å². The lowest BCUT2D eigenvalue weighted by Crippen LogP contribution is -2.13. The van der Waals surface area contributed by atoms with Gasteiger partial charge in [0.2, 0.25) is 0 Å². The van der Waals surface area contributed by atoms with Gasteiger partial charge in [-0.05, 0) is 51.4 Å². The molecule has 0 aliphatic carbocycles. The standard InChI is InChI=1S/C74H152P/c1-5-9-13-17-21-25-29-33-37-40-44-48-52-56-60-64-68-72-75(71-67-63-59-55-51-47-43-36-32-28-24-20-16-12-8-4,73-69-65-61-57-53-49-45-41-38-34-30-26-22-18-14-10-6-2)74-70-66-62-58-54-50-46-42-39-35-31-27-23-19-15-11-7-3/h5-74H2,1-4H3/q+1. The molecule has 0 fully saturated rings. The largest absolute Gasteiger partial charge is 0.0654 e. The fourth-order valence-corrected chi connectivity index (χ4v) is 17.9. The van der Waals surface area contributed by atoms with Crippen LogP contribution in [0.3, 0.4) is 0 Å². The Morgan fingerprint density at radius 2 is 0.187 bits per heavy atom. The Morgan fingerprint density at radius 1 is 0.107 bits per heavy atom. The smallest absolute Gasteiger partial charge is 0.0594 e. The molecule has 1 heteroatoms. The van der Waals surface area contributed by atoms with Crippen molar-refractivity contribution in [3.05, 3.63) is 0 Å². The SMILES string of the molecule is CCCCCCCCCCCCCCCCCCC[P+](CCCCCCCCCCCCCCCCC)(CCCCCCCCCCCCCCCCCCC)CCCCCCCCCCCCCCCCCCC. The summed E-state index contributed by atoms with van der Waals surface area (Å²) in [5.74, 6) is 0. The van der Waals surface area contributed by atoms with Crippen LogP contribution < -0.4 is 0 Å². The maximum atomic E-state index is 2.34. The minimum absolute atomic E-state index is 0.852. The predicted molar refractivity (Wildman–Crippen MR) is 354 cm³/mol. The van der Waals surface area contributed by atoms with Crippen LogP contribution >= 0.6 is 7.26 Å². The first-order valence-corrected chi connectivity index (χ1v) is 39.6. The van der Waals surface area contributed by atoms with Crippen LogP contribution in [0.1, 0.15) is 451 Å². The minimum atomic E-state index is -0.852. The van der Waals surface area contributed by atoms with Gasteiger partial charge in [-0.1, -0.05) is 400 Å². The summed E-state index contributed by atoms with van der Waals surface area (Å²) in [6.07, 6.45) is 105. The Hall–Kier alpha value is 0.430. The van der Waals surface area contributed by atoms with Gasteiger partial charge in [0.25, 0.3) is 0 Å². The lowest BCUT2D eigenvalue weighted by atomic mass is 10.0. The molecule has 0 aromatic carbocycles. The maximum Gasteiger partial charge on any atom is 0.0594 e. The molecule has 0 saturated heterocycles. The van der Waals surface area contributed by atoms with E-state index in [2.05, 4.69) is 27.7 Å². The number of hydrogen-bond donors (Lipinski definition) is 0. The zero-order chi connectivity index (χ0) is 54.0. The van der Waals surface area contributed by atoms with Crippen molar-refractivity contribution in [3.63, 3.8) is 0 Å². The van der Waals surface area contributed by atoms with E-state index in [0.717, 1.165) is 0 Å². The van der Waals surface area contributed by atoms with Crippen LogP contribution in [0.15, 0.2) is 0 Å². The Labute approximate surface area is 480 Å². The van der Waals surface area contributed by atoms with Gasteiger partial charge in [0.05, 0.1) is 24.6 Å². The van der Waals surface area contributed by atoms with Gasteiger partial charge in [0.1, 0.15) is 0 Å². The van der Waals surface area contributed by atoms with Gasteiger partial charge >= 0.3 is 0 Å². The number of hydrogen-bond acceptors (Lipinski definition) is 0. The third-order valence-electron chi connectivity index (χ3n) is 18.4. The van der Waals surface area contributed by atoms with E-state index in [9.17, 15) is 0 Å². The van der Waals surface area contributed by atoms with E-state index in [-0.39, 0.29) is 0 Å². The summed E-state index contributed by atoms with van der Waals surface area (Å²) in [4.78, 5) is 0. The molecule has 452 valence electrons. The molecule has 0 radical (unpaired) electrons. The summed E-state index contributed by atoms with van der Waals surface area (Å²) in [6.45, 7) is 9.34. The lowest BCUT2D eigenvalue weighted by molar-refractivity contribution is 0.528. The fraction of sp³-hybridized carbons (Fsp3) is 1.00. The van der Waals surface area contributed by atoms with E-state index >= 15 is 0 Å². The molecule has 0 amide bonds. The van der Waals surface area contributed by atoms with Crippen molar-refractivity contribution in [1.29, 1.82) is 0 Å². The molecule has 0 nitrogen and oxygen atoms in total. The first-order valence-electron chi connectivity index (χ1n) is 37.1. The van der Waals surface area contributed by atoms with E-state index in [0.29, 0.717) is 0 Å². The molecular weight excluding hydrogens is 920 g/mol. The molecule has 0 N–H and O–H groups in total. The summed E-state index contributed by atoms with van der Waals surface area (Å²) in [7, 11) is -0.852. The first-order chi connectivity index (χ1) is 37.2. The highest BCUT2D eigenvalue weighted by molar-refractivity contribution is 7.75. The summed E-state index contributed by atoms with van der Waals surface area (Å²) in [5.41, 5.74) is 0. The van der Waals surface area contributed by atoms with Crippen LogP contribution in [0.4, 0.5) is 0 Å². The summed E-state index contributed by atoms with van der Waals surface area (Å²) in [6, 6.07) is 0. The highest BCUT2D eigenvalue weighted by atomic mass is 31.2. The van der Waals surface area contributed by atoms with Crippen molar-refractivity contribution in [1.82, 2.24) is 0 Å². The van der Waals surface area contributed by atoms with E-state index < -0.39 is 7.26 Å². The molecule has 0 heterocycles. The van der Waals surface area contributed by atoms with Gasteiger partial charge in [-0.25, -0.2) is 0 Å². The third-order valence-corrected chi connectivity index (χ3v) is 23.5. The van der Waals surface area contributed by atoms with Crippen LogP contribution in [0.5, 0.6) is 0 Å². The van der Waals surface area contributed by atoms with Crippen molar-refractivity contribution in [2.75, 3.05) is 24.6 Å². The molecule has 0 spiro atoms. The monoisotopic (exact) mass is 1070 g/mol. The number of unbranched alkanes of at least 4 members (excludes halogenated alkanes) is 62. The van der Waals surface area contributed by atoms with Crippen molar-refractivity contribution < 1.29 is 0 Å². The van der Waals surface area contributed by atoms with Crippen LogP contribution in [0.2, 0.25) is 0 Å². The normalized spacial score (nSPS) is 12.0. The zero-order valence-corrected chi connectivity index (χ0v) is 54.8. The Balaban J connectivity index is 4.96. The molecule has 0 atom stereocenters. The van der Waals surface area contributed by atoms with Gasteiger partial charge in [0, 0.05) is 7.26 Å². The average Bonchev–Trinajstić information content (AvgIpc) is 3.42. The predicted octanol–water partition coefficient (Wildman–Crippen LogP) is 28.8. The quantitative estimate of drug-likeness (QED) is 0.0421. The van der Waals surface area contributed by atoms with Crippen LogP contribution in [-0.2, 0) is 0 Å². The van der Waals surface area contributed by atoms with E-state index in [1.54, 1.807) is 50.3 Å². The Bertz CT molecular complexity index is 862. The van der Waals surface area contributed by atoms with Gasteiger partial charge in [-0.2, -0.15) is 0 Å². The minimum Gasteiger partial charge on any atom is -0.0654 e. The molecule has 0 bridgehead atoms. The molecule has 0 aromatic heterocycles. The Morgan fingerprint density at radius 3 is 0.280 bits per heavy atom. The van der Waals surface area contributed by atoms with Crippen LogP contribution in [-0.4, -0.2) is 24.6 Å². The molecular formula is C74H152P+. The van der Waals surface area contributed by atoms with Crippen molar-refractivity contribution >= 4 is 7.26 Å². The van der Waals surface area contributed by atoms with E-state index in [4.69, 9.17) is 0 Å². The highest BCUT2D eigenvalue weighted by Crippen LogP contribution is 2.61. The summed E-state index contributed by atoms with van der Waals surface area (Å²) in [5, 5.41) is 0. The van der Waals surface area contributed by atoms with Gasteiger partial charge < -0.3 is 0 Å². The molecule has 75 heavy (non-hydrogen) atoms. The topological polar surface area (TPSA) is 0 Å². The van der Waals surface area contributed by atoms with Crippen molar-refractivity contribution in [2.24, 2.45) is 0 Å². The van der Waals surface area contributed by atoms with Crippen LogP contribution in [0, 0.1) is 0 Å². The fourth-order valence-electron chi connectivity index (χ4n) is 13.0. The third kappa shape index (κ3) is 63.5. The summed E-state index contributed by atoms with van der Waals surface area (Å²) >= 11 is 0. The molecule has 0 aliphatic rings. The molecule has 0 aromatic rings. The van der Waals surface area contributed by atoms with Gasteiger partial charge in [-0.15, -0.1) is 0 Å². The highest BCUT2D eigenvalue weighted by Gasteiger charge is 2.35. The molecule has 0 unspecified atom stereocenters. The van der Waals surface area contributed by atoms with Gasteiger partial charge in [0.15, 0.2) is 0 Å². The molecule has 0 rings (SSSR count). The van der Waals surface area contributed by atoms with Crippen LogP contribution in [0.25, 0.3) is 0 Å². The van der Waals surface area contributed by atoms with Crippen molar-refractivity contribution in [3.8, 4) is 0 Å². The second-order valence-corrected chi connectivity index (χ2v) is 30.6. The average molecular weight is 1070 g/mol. The molecule has 0 saturated carbocycles. The lowest BCUT2D eigenvalue weighted by Gasteiger charge is -2.28.